The fourth-order valence-electron chi connectivity index (χ4n) is 5.74. The first-order chi connectivity index (χ1) is 14.6. The lowest BCUT2D eigenvalue weighted by atomic mass is 9.56. The number of nitrogens with zero attached hydrogens (tertiary/aromatic N) is 4. The number of hydrogen-bond donors (Lipinski definition) is 1. The predicted octanol–water partition coefficient (Wildman–Crippen LogP) is 1.40. The number of carbonyl (C=O) groups is 2. The van der Waals surface area contributed by atoms with Crippen molar-refractivity contribution in [2.45, 2.75) is 44.0 Å². The minimum Gasteiger partial charge on any atom is -0.366 e. The van der Waals surface area contributed by atoms with Gasteiger partial charge in [0.2, 0.25) is 5.91 Å². The Bertz CT molecular complexity index is 887. The maximum absolute atomic E-state index is 13.2. The third-order valence-corrected chi connectivity index (χ3v) is 7.05. The maximum Gasteiger partial charge on any atom is 0.419 e. The van der Waals surface area contributed by atoms with E-state index >= 15 is 0 Å². The van der Waals surface area contributed by atoms with Gasteiger partial charge in [0.05, 0.1) is 23.4 Å². The number of morpholine rings is 1. The van der Waals surface area contributed by atoms with Crippen LogP contribution in [0.4, 0.5) is 18.0 Å². The molecule has 1 N–H and O–H groups in total. The molecule has 1 aromatic rings. The molecule has 1 aliphatic carbocycles. The number of hydrogen-bond acceptors (Lipinski definition) is 4. The van der Waals surface area contributed by atoms with Crippen LogP contribution in [0.1, 0.15) is 30.5 Å². The first kappa shape index (κ1) is 20.6. The van der Waals surface area contributed by atoms with E-state index in [0.717, 1.165) is 19.0 Å². The van der Waals surface area contributed by atoms with Crippen LogP contribution in [0.15, 0.2) is 6.20 Å². The van der Waals surface area contributed by atoms with Crippen molar-refractivity contribution in [1.82, 2.24) is 24.9 Å². The number of aryl methyl sites for hydroxylation is 1. The van der Waals surface area contributed by atoms with Gasteiger partial charge in [-0.1, -0.05) is 0 Å². The molecule has 31 heavy (non-hydrogen) atoms. The molecule has 4 heterocycles. The number of likely N-dealkylation sites (tertiary alicyclic amines) is 2. The summed E-state index contributed by atoms with van der Waals surface area (Å²) in [4.78, 5) is 28.0. The van der Waals surface area contributed by atoms with E-state index in [1.807, 2.05) is 4.90 Å². The van der Waals surface area contributed by atoms with Crippen molar-refractivity contribution in [3.05, 3.63) is 17.5 Å². The van der Waals surface area contributed by atoms with Crippen molar-refractivity contribution >= 4 is 11.9 Å². The normalized spacial score (nSPS) is 28.1. The van der Waals surface area contributed by atoms with E-state index in [0.29, 0.717) is 39.0 Å². The second kappa shape index (κ2) is 7.11. The molecular weight excluding hydrogens is 415 g/mol. The molecule has 170 valence electrons. The summed E-state index contributed by atoms with van der Waals surface area (Å²) in [5.74, 6) is 0.0131. The predicted molar refractivity (Wildman–Crippen MR) is 102 cm³/mol. The van der Waals surface area contributed by atoms with Gasteiger partial charge in [-0.15, -0.1) is 0 Å². The number of amides is 3. The number of alkyl halides is 3. The molecule has 1 aromatic heterocycles. The van der Waals surface area contributed by atoms with Crippen molar-refractivity contribution < 1.29 is 27.5 Å². The van der Waals surface area contributed by atoms with E-state index in [4.69, 9.17) is 4.74 Å². The van der Waals surface area contributed by atoms with E-state index in [1.54, 1.807) is 4.90 Å². The molecule has 0 bridgehead atoms. The SMILES string of the molecule is Cn1cc(C(F)(F)F)c(CC2CC3(C2)CN(C(=O)N2CC[C@@H]4OCC(=O)N[C@@H]4C2)C3)n1. The van der Waals surface area contributed by atoms with E-state index in [9.17, 15) is 22.8 Å². The second-order valence-electron chi connectivity index (χ2n) is 9.54. The quantitative estimate of drug-likeness (QED) is 0.753. The smallest absolute Gasteiger partial charge is 0.366 e. The third kappa shape index (κ3) is 3.77. The van der Waals surface area contributed by atoms with Gasteiger partial charge >= 0.3 is 12.2 Å². The van der Waals surface area contributed by atoms with Gasteiger partial charge < -0.3 is 19.9 Å². The highest BCUT2D eigenvalue weighted by Gasteiger charge is 2.54. The third-order valence-electron chi connectivity index (χ3n) is 7.05. The number of halogens is 3. The Morgan fingerprint density at radius 1 is 1.32 bits per heavy atom. The summed E-state index contributed by atoms with van der Waals surface area (Å²) >= 11 is 0. The van der Waals surface area contributed by atoms with Gasteiger partial charge in [0.15, 0.2) is 0 Å². The van der Waals surface area contributed by atoms with E-state index in [2.05, 4.69) is 10.4 Å². The zero-order valence-electron chi connectivity index (χ0n) is 17.3. The molecule has 1 spiro atoms. The van der Waals surface area contributed by atoms with E-state index < -0.39 is 11.7 Å². The van der Waals surface area contributed by atoms with Crippen LogP contribution >= 0.6 is 0 Å². The minimum atomic E-state index is -4.39. The number of nitrogens with one attached hydrogen (secondary N) is 1. The number of carbonyl (C=O) groups excluding carboxylic acids is 2. The van der Waals surface area contributed by atoms with Gasteiger partial charge in [0.1, 0.15) is 6.61 Å². The molecule has 2 atom stereocenters. The highest BCUT2D eigenvalue weighted by atomic mass is 19.4. The largest absolute Gasteiger partial charge is 0.419 e. The summed E-state index contributed by atoms with van der Waals surface area (Å²) < 4.78 is 46.3. The number of rotatable bonds is 2. The Balaban J connectivity index is 1.11. The van der Waals surface area contributed by atoms with Gasteiger partial charge in [-0.3, -0.25) is 9.48 Å². The summed E-state index contributed by atoms with van der Waals surface area (Å²) in [7, 11) is 1.50. The molecule has 4 aliphatic rings. The summed E-state index contributed by atoms with van der Waals surface area (Å²) in [6.45, 7) is 2.41. The Morgan fingerprint density at radius 2 is 2.06 bits per heavy atom. The second-order valence-corrected chi connectivity index (χ2v) is 9.54. The van der Waals surface area contributed by atoms with Crippen molar-refractivity contribution in [1.29, 1.82) is 0 Å². The van der Waals surface area contributed by atoms with Crippen LogP contribution in [0, 0.1) is 11.3 Å². The molecular formula is C20H26F3N5O3. The van der Waals surface area contributed by atoms with Crippen molar-refractivity contribution in [3.8, 4) is 0 Å². The van der Waals surface area contributed by atoms with Gasteiger partial charge in [0.25, 0.3) is 0 Å². The van der Waals surface area contributed by atoms with Gasteiger partial charge in [-0.25, -0.2) is 4.79 Å². The van der Waals surface area contributed by atoms with Crippen LogP contribution in [-0.2, 0) is 29.2 Å². The van der Waals surface area contributed by atoms with Gasteiger partial charge in [0, 0.05) is 44.8 Å². The Hall–Kier alpha value is -2.30. The van der Waals surface area contributed by atoms with Crippen molar-refractivity contribution in [2.24, 2.45) is 18.4 Å². The highest BCUT2D eigenvalue weighted by molar-refractivity contribution is 5.79. The molecule has 0 aromatic carbocycles. The maximum atomic E-state index is 13.2. The lowest BCUT2D eigenvalue weighted by Crippen LogP contribution is -2.68. The average molecular weight is 441 g/mol. The molecule has 1 saturated carbocycles. The summed E-state index contributed by atoms with van der Waals surface area (Å²) in [6.07, 6.45) is -0.732. The van der Waals surface area contributed by atoms with Crippen molar-refractivity contribution in [2.75, 3.05) is 32.8 Å². The van der Waals surface area contributed by atoms with Gasteiger partial charge in [-0.2, -0.15) is 18.3 Å². The van der Waals surface area contributed by atoms with E-state index in [1.165, 1.54) is 11.7 Å². The first-order valence-corrected chi connectivity index (χ1v) is 10.7. The zero-order chi connectivity index (χ0) is 22.0. The zero-order valence-corrected chi connectivity index (χ0v) is 17.3. The molecule has 5 rings (SSSR count). The lowest BCUT2D eigenvalue weighted by Gasteiger charge is -2.60. The first-order valence-electron chi connectivity index (χ1n) is 10.7. The topological polar surface area (TPSA) is 79.7 Å². The molecule has 3 saturated heterocycles. The highest BCUT2D eigenvalue weighted by Crippen LogP contribution is 2.53. The Labute approximate surface area is 177 Å². The Morgan fingerprint density at radius 3 is 2.77 bits per heavy atom. The minimum absolute atomic E-state index is 0.0311. The fraction of sp³-hybridized carbons (Fsp3) is 0.750. The number of fused-ring (bicyclic) bond motifs is 1. The monoisotopic (exact) mass is 441 g/mol. The number of piperidine rings is 1. The van der Waals surface area contributed by atoms with Crippen molar-refractivity contribution in [3.63, 3.8) is 0 Å². The van der Waals surface area contributed by atoms with Crippen LogP contribution in [-0.4, -0.2) is 76.5 Å². The average Bonchev–Trinajstić information content (AvgIpc) is 3.02. The molecule has 0 radical (unpaired) electrons. The number of ether oxygens (including phenoxy) is 1. The molecule has 8 nitrogen and oxygen atoms in total. The van der Waals surface area contributed by atoms with Crippen LogP contribution in [0.3, 0.4) is 0 Å². The molecule has 3 amide bonds. The van der Waals surface area contributed by atoms with Crippen LogP contribution in [0.5, 0.6) is 0 Å². The fourth-order valence-corrected chi connectivity index (χ4v) is 5.74. The number of aromatic nitrogens is 2. The summed E-state index contributed by atoms with van der Waals surface area (Å²) in [6, 6.07) is -0.195. The van der Waals surface area contributed by atoms with Crippen LogP contribution in [0.25, 0.3) is 0 Å². The van der Waals surface area contributed by atoms with Crippen LogP contribution < -0.4 is 5.32 Å². The molecule has 3 aliphatic heterocycles. The summed E-state index contributed by atoms with van der Waals surface area (Å²) in [5, 5.41) is 6.92. The molecule has 0 unspecified atom stereocenters. The lowest BCUT2D eigenvalue weighted by molar-refractivity contribution is -0.140. The summed E-state index contributed by atoms with van der Waals surface area (Å²) in [5.41, 5.74) is -0.501. The van der Waals surface area contributed by atoms with E-state index in [-0.39, 0.29) is 47.7 Å². The standard InChI is InChI=1S/C20H26F3N5O3/c1-26-7-13(20(21,22)23)14(25-26)4-12-5-19(6-12)10-28(11-19)18(30)27-3-2-16-15(8-27)24-17(29)9-31-16/h7,12,15-16H,2-6,8-11H2,1H3,(H,24,29)/t15-,16+/m1/s1. The Kier molecular flexibility index (Phi) is 4.72. The molecule has 11 heteroatoms. The van der Waals surface area contributed by atoms with Crippen LogP contribution in [0.2, 0.25) is 0 Å². The number of urea groups is 1. The van der Waals surface area contributed by atoms with Gasteiger partial charge in [-0.05, 0) is 31.6 Å². The molecule has 4 fully saturated rings.